The van der Waals surface area contributed by atoms with Gasteiger partial charge in [0.05, 0.1) is 0 Å². The molecular formula is C21H28N2O2. The van der Waals surface area contributed by atoms with Gasteiger partial charge in [-0.3, -0.25) is 9.59 Å². The van der Waals surface area contributed by atoms with Gasteiger partial charge in [0.2, 0.25) is 5.91 Å². The Bertz CT molecular complexity index is 638. The highest BCUT2D eigenvalue weighted by Gasteiger charge is 2.37. The zero-order valence-corrected chi connectivity index (χ0v) is 15.2. The van der Waals surface area contributed by atoms with E-state index in [-0.39, 0.29) is 11.8 Å². The van der Waals surface area contributed by atoms with Gasteiger partial charge in [-0.05, 0) is 68.2 Å². The Morgan fingerprint density at radius 3 is 2.08 bits per heavy atom. The summed E-state index contributed by atoms with van der Waals surface area (Å²) in [5, 5.41) is 2.61. The Labute approximate surface area is 150 Å². The molecule has 0 aromatic heterocycles. The van der Waals surface area contributed by atoms with Gasteiger partial charge < -0.3 is 10.2 Å². The van der Waals surface area contributed by atoms with Gasteiger partial charge in [-0.15, -0.1) is 0 Å². The summed E-state index contributed by atoms with van der Waals surface area (Å²) in [5.74, 6) is 0.831. The van der Waals surface area contributed by atoms with Gasteiger partial charge in [0.25, 0.3) is 5.91 Å². The molecule has 0 radical (unpaired) electrons. The number of carbonyl (C=O) groups is 2. The molecule has 0 heterocycles. The second-order valence-corrected chi connectivity index (χ2v) is 7.42. The maximum Gasteiger partial charge on any atom is 0.251 e. The zero-order valence-electron chi connectivity index (χ0n) is 15.2. The van der Waals surface area contributed by atoms with Gasteiger partial charge in [-0.25, -0.2) is 0 Å². The summed E-state index contributed by atoms with van der Waals surface area (Å²) < 4.78 is 0. The van der Waals surface area contributed by atoms with E-state index in [0.29, 0.717) is 17.6 Å². The van der Waals surface area contributed by atoms with Crippen LogP contribution in [0.1, 0.15) is 61.4 Å². The van der Waals surface area contributed by atoms with Crippen molar-refractivity contribution in [1.29, 1.82) is 0 Å². The van der Waals surface area contributed by atoms with Crippen LogP contribution in [0, 0.1) is 5.92 Å². The summed E-state index contributed by atoms with van der Waals surface area (Å²) in [6.45, 7) is 2.31. The predicted octanol–water partition coefficient (Wildman–Crippen LogP) is 3.63. The Morgan fingerprint density at radius 1 is 1.00 bits per heavy atom. The molecule has 3 rings (SSSR count). The lowest BCUT2D eigenvalue weighted by molar-refractivity contribution is -0.129. The normalized spacial score (nSPS) is 23.4. The first kappa shape index (κ1) is 17.7. The van der Waals surface area contributed by atoms with Gasteiger partial charge >= 0.3 is 0 Å². The minimum absolute atomic E-state index is 0.0990. The van der Waals surface area contributed by atoms with Crippen molar-refractivity contribution >= 4 is 17.9 Å². The van der Waals surface area contributed by atoms with Crippen LogP contribution in [0.3, 0.4) is 0 Å². The van der Waals surface area contributed by atoms with Crippen LogP contribution in [0.4, 0.5) is 0 Å². The summed E-state index contributed by atoms with van der Waals surface area (Å²) in [6.07, 6.45) is 10.6. The van der Waals surface area contributed by atoms with Crippen molar-refractivity contribution in [3.63, 3.8) is 0 Å². The van der Waals surface area contributed by atoms with Crippen molar-refractivity contribution in [1.82, 2.24) is 10.2 Å². The average molecular weight is 340 g/mol. The van der Waals surface area contributed by atoms with E-state index in [1.807, 2.05) is 18.2 Å². The molecule has 0 bridgehead atoms. The molecule has 0 unspecified atom stereocenters. The van der Waals surface area contributed by atoms with Crippen molar-refractivity contribution in [2.75, 3.05) is 7.05 Å². The lowest BCUT2D eigenvalue weighted by Gasteiger charge is -2.36. The van der Waals surface area contributed by atoms with Crippen molar-refractivity contribution in [3.05, 3.63) is 41.5 Å². The highest BCUT2D eigenvalue weighted by atomic mass is 16.2. The number of rotatable bonds is 5. The fourth-order valence-electron chi connectivity index (χ4n) is 3.67. The molecule has 2 aliphatic carbocycles. The van der Waals surface area contributed by atoms with Crippen LogP contribution >= 0.6 is 0 Å². The summed E-state index contributed by atoms with van der Waals surface area (Å²) in [5.41, 5.74) is 1.57. The molecule has 2 aliphatic rings. The van der Waals surface area contributed by atoms with E-state index in [1.54, 1.807) is 25.3 Å². The molecule has 1 aromatic rings. The Hall–Kier alpha value is -2.10. The molecule has 0 aliphatic heterocycles. The fourth-order valence-corrected chi connectivity index (χ4v) is 3.67. The topological polar surface area (TPSA) is 49.4 Å². The first-order valence-corrected chi connectivity index (χ1v) is 9.41. The van der Waals surface area contributed by atoms with Gasteiger partial charge in [-0.2, -0.15) is 0 Å². The number of carbonyl (C=O) groups excluding carboxylic acids is 2. The minimum atomic E-state index is -0.0990. The Balaban J connectivity index is 1.64. The monoisotopic (exact) mass is 340 g/mol. The molecule has 134 valence electrons. The molecular weight excluding hydrogens is 312 g/mol. The first-order valence-electron chi connectivity index (χ1n) is 9.41. The second kappa shape index (κ2) is 7.85. The van der Waals surface area contributed by atoms with E-state index < -0.39 is 0 Å². The third-order valence-electron chi connectivity index (χ3n) is 5.39. The molecule has 0 atom stereocenters. The van der Waals surface area contributed by atoms with Gasteiger partial charge in [0.15, 0.2) is 0 Å². The third kappa shape index (κ3) is 4.50. The molecule has 1 aromatic carbocycles. The number of hydrogen-bond donors (Lipinski definition) is 1. The van der Waals surface area contributed by atoms with Gasteiger partial charge in [0.1, 0.15) is 0 Å². The lowest BCUT2D eigenvalue weighted by atomic mass is 9.86. The Kier molecular flexibility index (Phi) is 5.57. The quantitative estimate of drug-likeness (QED) is 0.832. The average Bonchev–Trinajstić information content (AvgIpc) is 3.46. The number of hydrogen-bond acceptors (Lipinski definition) is 2. The largest absolute Gasteiger partial charge is 0.355 e. The third-order valence-corrected chi connectivity index (χ3v) is 5.39. The molecule has 2 amide bonds. The summed E-state index contributed by atoms with van der Waals surface area (Å²) in [4.78, 5) is 26.5. The fraction of sp³-hybridized carbons (Fsp3) is 0.524. The standard InChI is InChI=1S/C21H28N2O2/c1-15-3-10-18(11-4-15)23(19-12-13-19)20(24)14-7-16-5-8-17(9-6-16)21(25)22-2/h5-9,14-15,18-19H,3-4,10-13H2,1-2H3,(H,22,25)/b14-7+. The van der Waals surface area contributed by atoms with Crippen LogP contribution in [0.5, 0.6) is 0 Å². The molecule has 1 N–H and O–H groups in total. The van der Waals surface area contributed by atoms with Crippen LogP contribution in [-0.2, 0) is 4.79 Å². The molecule has 4 heteroatoms. The van der Waals surface area contributed by atoms with E-state index in [2.05, 4.69) is 17.1 Å². The maximum atomic E-state index is 12.8. The molecule has 4 nitrogen and oxygen atoms in total. The zero-order chi connectivity index (χ0) is 17.8. The van der Waals surface area contributed by atoms with Crippen molar-refractivity contribution < 1.29 is 9.59 Å². The van der Waals surface area contributed by atoms with Crippen LogP contribution in [0.25, 0.3) is 6.08 Å². The number of nitrogens with zero attached hydrogens (tertiary/aromatic N) is 1. The highest BCUT2D eigenvalue weighted by molar-refractivity contribution is 5.95. The predicted molar refractivity (Wildman–Crippen MR) is 100 cm³/mol. The number of nitrogens with one attached hydrogen (secondary N) is 1. The molecule has 25 heavy (non-hydrogen) atoms. The van der Waals surface area contributed by atoms with Gasteiger partial charge in [0, 0.05) is 30.8 Å². The van der Waals surface area contributed by atoms with Crippen molar-refractivity contribution in [2.24, 2.45) is 5.92 Å². The Morgan fingerprint density at radius 2 is 1.56 bits per heavy atom. The number of benzene rings is 1. The highest BCUT2D eigenvalue weighted by Crippen LogP contribution is 2.35. The maximum absolute atomic E-state index is 12.8. The second-order valence-electron chi connectivity index (χ2n) is 7.42. The minimum Gasteiger partial charge on any atom is -0.355 e. The summed E-state index contributed by atoms with van der Waals surface area (Å²) >= 11 is 0. The molecule has 0 saturated heterocycles. The summed E-state index contributed by atoms with van der Waals surface area (Å²) in [6, 6.07) is 8.17. The lowest BCUT2D eigenvalue weighted by Crippen LogP contribution is -2.42. The summed E-state index contributed by atoms with van der Waals surface area (Å²) in [7, 11) is 1.62. The van der Waals surface area contributed by atoms with Gasteiger partial charge in [-0.1, -0.05) is 19.1 Å². The first-order chi connectivity index (χ1) is 12.1. The van der Waals surface area contributed by atoms with E-state index in [0.717, 1.165) is 37.2 Å². The smallest absolute Gasteiger partial charge is 0.251 e. The molecule has 2 fully saturated rings. The van der Waals surface area contributed by atoms with E-state index in [4.69, 9.17) is 0 Å². The van der Waals surface area contributed by atoms with Crippen molar-refractivity contribution in [2.45, 2.75) is 57.5 Å². The van der Waals surface area contributed by atoms with Crippen LogP contribution in [-0.4, -0.2) is 35.8 Å². The van der Waals surface area contributed by atoms with Crippen LogP contribution in [0.15, 0.2) is 30.3 Å². The number of amides is 2. The molecule has 2 saturated carbocycles. The van der Waals surface area contributed by atoms with Crippen molar-refractivity contribution in [3.8, 4) is 0 Å². The molecule has 0 spiro atoms. The van der Waals surface area contributed by atoms with Crippen LogP contribution in [0.2, 0.25) is 0 Å². The van der Waals surface area contributed by atoms with E-state index >= 15 is 0 Å². The van der Waals surface area contributed by atoms with E-state index in [9.17, 15) is 9.59 Å². The SMILES string of the molecule is CNC(=O)c1ccc(/C=C/C(=O)N(C2CCC(C)CC2)C2CC2)cc1. The van der Waals surface area contributed by atoms with Crippen LogP contribution < -0.4 is 5.32 Å². The van der Waals surface area contributed by atoms with E-state index in [1.165, 1.54) is 12.8 Å².